The molecule has 0 saturated carbocycles. The molecular formula is C24H20N2O4S. The molecule has 31 heavy (non-hydrogen) atoms. The van der Waals surface area contributed by atoms with Crippen LogP contribution in [0.25, 0.3) is 21.1 Å². The Kier molecular flexibility index (Phi) is 6.54. The topological polar surface area (TPSA) is 81.5 Å². The van der Waals surface area contributed by atoms with Crippen LogP contribution < -0.4 is 9.47 Å². The number of carboxylic acid groups (broad SMARTS) is 1. The van der Waals surface area contributed by atoms with Crippen LogP contribution in [0.2, 0.25) is 0 Å². The van der Waals surface area contributed by atoms with E-state index in [2.05, 4.69) is 10.2 Å². The summed E-state index contributed by atoms with van der Waals surface area (Å²) in [7, 11) is 0. The Morgan fingerprint density at radius 3 is 1.81 bits per heavy atom. The van der Waals surface area contributed by atoms with E-state index in [0.29, 0.717) is 13.2 Å². The summed E-state index contributed by atoms with van der Waals surface area (Å²) >= 11 is 1.45. The number of hydrogen-bond donors (Lipinski definition) is 1. The summed E-state index contributed by atoms with van der Waals surface area (Å²) in [6, 6.07) is 24.1. The SMILES string of the molecule is O=C(O)c1ccc(-c2nnc(-c3ccc(OCCCOc4ccccc4)cc3)s2)cc1. The second kappa shape index (κ2) is 9.86. The minimum absolute atomic E-state index is 0.246. The third kappa shape index (κ3) is 5.46. The molecule has 156 valence electrons. The Labute approximate surface area is 183 Å². The smallest absolute Gasteiger partial charge is 0.335 e. The number of aromatic nitrogens is 2. The van der Waals surface area contributed by atoms with E-state index >= 15 is 0 Å². The first-order chi connectivity index (χ1) is 15.2. The van der Waals surface area contributed by atoms with Crippen LogP contribution in [0.15, 0.2) is 78.9 Å². The Morgan fingerprint density at radius 1 is 0.742 bits per heavy atom. The van der Waals surface area contributed by atoms with E-state index in [4.69, 9.17) is 14.6 Å². The first-order valence-corrected chi connectivity index (χ1v) is 10.6. The molecule has 0 amide bonds. The van der Waals surface area contributed by atoms with Gasteiger partial charge in [-0.15, -0.1) is 10.2 Å². The van der Waals surface area contributed by atoms with Gasteiger partial charge < -0.3 is 14.6 Å². The molecule has 7 heteroatoms. The standard InChI is InChI=1S/C24H20N2O4S/c27-24(28)19-9-7-17(8-10-19)22-25-26-23(31-22)18-11-13-21(14-12-18)30-16-4-15-29-20-5-2-1-3-6-20/h1-3,5-14H,4,15-16H2,(H,27,28). The molecular weight excluding hydrogens is 412 g/mol. The van der Waals surface area contributed by atoms with Crippen LogP contribution in [0.4, 0.5) is 0 Å². The van der Waals surface area contributed by atoms with Crippen LogP contribution in [0.1, 0.15) is 16.8 Å². The Morgan fingerprint density at radius 2 is 1.26 bits per heavy atom. The lowest BCUT2D eigenvalue weighted by atomic mass is 10.1. The van der Waals surface area contributed by atoms with Gasteiger partial charge in [-0.25, -0.2) is 4.79 Å². The van der Waals surface area contributed by atoms with Crippen molar-refractivity contribution in [3.63, 3.8) is 0 Å². The van der Waals surface area contributed by atoms with Crippen molar-refractivity contribution in [3.8, 4) is 32.6 Å². The van der Waals surface area contributed by atoms with Crippen molar-refractivity contribution in [3.05, 3.63) is 84.4 Å². The van der Waals surface area contributed by atoms with Gasteiger partial charge in [0.2, 0.25) is 0 Å². The number of carboxylic acids is 1. The number of benzene rings is 3. The molecule has 0 radical (unpaired) electrons. The molecule has 0 atom stereocenters. The van der Waals surface area contributed by atoms with E-state index in [-0.39, 0.29) is 5.56 Å². The number of carbonyl (C=O) groups is 1. The monoisotopic (exact) mass is 432 g/mol. The fourth-order valence-electron chi connectivity index (χ4n) is 2.86. The lowest BCUT2D eigenvalue weighted by Crippen LogP contribution is -2.04. The normalized spacial score (nSPS) is 10.6. The second-order valence-electron chi connectivity index (χ2n) is 6.68. The molecule has 1 aromatic heterocycles. The van der Waals surface area contributed by atoms with Crippen LogP contribution in [0, 0.1) is 0 Å². The maximum Gasteiger partial charge on any atom is 0.335 e. The largest absolute Gasteiger partial charge is 0.493 e. The number of nitrogens with zero attached hydrogens (tertiary/aromatic N) is 2. The third-order valence-corrected chi connectivity index (χ3v) is 5.50. The van der Waals surface area contributed by atoms with Gasteiger partial charge in [0.25, 0.3) is 0 Å². The van der Waals surface area contributed by atoms with Crippen molar-refractivity contribution >= 4 is 17.3 Å². The minimum atomic E-state index is -0.949. The zero-order chi connectivity index (χ0) is 21.5. The number of rotatable bonds is 9. The molecule has 0 spiro atoms. The van der Waals surface area contributed by atoms with Crippen molar-refractivity contribution in [1.82, 2.24) is 10.2 Å². The Balaban J connectivity index is 1.29. The van der Waals surface area contributed by atoms with Gasteiger partial charge in [-0.05, 0) is 48.5 Å². The molecule has 4 rings (SSSR count). The highest BCUT2D eigenvalue weighted by molar-refractivity contribution is 7.17. The lowest BCUT2D eigenvalue weighted by molar-refractivity contribution is 0.0697. The van der Waals surface area contributed by atoms with E-state index in [1.807, 2.05) is 54.6 Å². The maximum absolute atomic E-state index is 11.0. The van der Waals surface area contributed by atoms with Gasteiger partial charge in [0.15, 0.2) is 0 Å². The van der Waals surface area contributed by atoms with Crippen molar-refractivity contribution in [1.29, 1.82) is 0 Å². The first kappa shape index (κ1) is 20.6. The summed E-state index contributed by atoms with van der Waals surface area (Å²) in [6.45, 7) is 1.17. The highest BCUT2D eigenvalue weighted by Crippen LogP contribution is 2.31. The van der Waals surface area contributed by atoms with E-state index in [1.165, 1.54) is 11.3 Å². The van der Waals surface area contributed by atoms with Crippen LogP contribution in [0.3, 0.4) is 0 Å². The van der Waals surface area contributed by atoms with Crippen LogP contribution in [0.5, 0.6) is 11.5 Å². The average molecular weight is 433 g/mol. The molecule has 4 aromatic rings. The summed E-state index contributed by atoms with van der Waals surface area (Å²) in [5.74, 6) is 0.703. The Hall–Kier alpha value is -3.71. The van der Waals surface area contributed by atoms with Gasteiger partial charge in [-0.2, -0.15) is 0 Å². The lowest BCUT2D eigenvalue weighted by Gasteiger charge is -2.08. The van der Waals surface area contributed by atoms with E-state index in [1.54, 1.807) is 24.3 Å². The van der Waals surface area contributed by atoms with Crippen molar-refractivity contribution in [2.75, 3.05) is 13.2 Å². The predicted molar refractivity (Wildman–Crippen MR) is 120 cm³/mol. The van der Waals surface area contributed by atoms with Crippen molar-refractivity contribution in [2.45, 2.75) is 6.42 Å². The van der Waals surface area contributed by atoms with Gasteiger partial charge >= 0.3 is 5.97 Å². The molecule has 1 heterocycles. The number of aromatic carboxylic acids is 1. The molecule has 0 saturated heterocycles. The van der Waals surface area contributed by atoms with E-state index in [0.717, 1.165) is 39.1 Å². The number of ether oxygens (including phenoxy) is 2. The van der Waals surface area contributed by atoms with Gasteiger partial charge in [-0.3, -0.25) is 0 Å². The molecule has 0 unspecified atom stereocenters. The third-order valence-electron chi connectivity index (χ3n) is 4.47. The predicted octanol–water partition coefficient (Wildman–Crippen LogP) is 5.42. The first-order valence-electron chi connectivity index (χ1n) is 9.77. The fraction of sp³-hybridized carbons (Fsp3) is 0.125. The van der Waals surface area contributed by atoms with Gasteiger partial charge in [0, 0.05) is 17.5 Å². The van der Waals surface area contributed by atoms with E-state index < -0.39 is 5.97 Å². The maximum atomic E-state index is 11.0. The summed E-state index contributed by atoms with van der Waals surface area (Å²) in [5, 5.41) is 19.0. The number of para-hydroxylation sites is 1. The molecule has 6 nitrogen and oxygen atoms in total. The summed E-state index contributed by atoms with van der Waals surface area (Å²) in [6.07, 6.45) is 0.789. The Bertz CT molecular complexity index is 1130. The molecule has 0 bridgehead atoms. The molecule has 0 aliphatic heterocycles. The van der Waals surface area contributed by atoms with Gasteiger partial charge in [0.1, 0.15) is 21.5 Å². The summed E-state index contributed by atoms with van der Waals surface area (Å²) in [5.41, 5.74) is 2.03. The molecule has 0 fully saturated rings. The van der Waals surface area contributed by atoms with E-state index in [9.17, 15) is 4.79 Å². The quantitative estimate of drug-likeness (QED) is 0.356. The van der Waals surface area contributed by atoms with Gasteiger partial charge in [0.05, 0.1) is 18.8 Å². The molecule has 0 aliphatic carbocycles. The van der Waals surface area contributed by atoms with Gasteiger partial charge in [-0.1, -0.05) is 41.7 Å². The van der Waals surface area contributed by atoms with Crippen LogP contribution in [-0.2, 0) is 0 Å². The second-order valence-corrected chi connectivity index (χ2v) is 7.66. The molecule has 1 N–H and O–H groups in total. The van der Waals surface area contributed by atoms with Crippen LogP contribution in [-0.4, -0.2) is 34.5 Å². The van der Waals surface area contributed by atoms with Crippen molar-refractivity contribution < 1.29 is 19.4 Å². The number of hydrogen-bond acceptors (Lipinski definition) is 6. The summed E-state index contributed by atoms with van der Waals surface area (Å²) in [4.78, 5) is 11.0. The van der Waals surface area contributed by atoms with Crippen molar-refractivity contribution in [2.24, 2.45) is 0 Å². The van der Waals surface area contributed by atoms with Crippen LogP contribution >= 0.6 is 11.3 Å². The highest BCUT2D eigenvalue weighted by atomic mass is 32.1. The fourth-order valence-corrected chi connectivity index (χ4v) is 3.72. The zero-order valence-electron chi connectivity index (χ0n) is 16.6. The minimum Gasteiger partial charge on any atom is -0.493 e. The average Bonchev–Trinajstić information content (AvgIpc) is 3.30. The highest BCUT2D eigenvalue weighted by Gasteiger charge is 2.10. The zero-order valence-corrected chi connectivity index (χ0v) is 17.4. The molecule has 0 aliphatic rings. The summed E-state index contributed by atoms with van der Waals surface area (Å²) < 4.78 is 11.4. The molecule has 3 aromatic carbocycles.